The lowest BCUT2D eigenvalue weighted by Gasteiger charge is -2.13. The number of anilines is 1. The molecule has 0 aliphatic rings. The maximum atomic E-state index is 13.3. The third-order valence-electron chi connectivity index (χ3n) is 4.48. The number of carbonyl (C=O) groups is 2. The van der Waals surface area contributed by atoms with Crippen molar-refractivity contribution in [2.24, 2.45) is 0 Å². The Hall–Kier alpha value is -3.72. The lowest BCUT2D eigenvalue weighted by Crippen LogP contribution is -2.28. The molecular weight excluding hydrogens is 435 g/mol. The third kappa shape index (κ3) is 5.92. The number of aryl methyl sites for hydroxylation is 1. The monoisotopic (exact) mass is 456 g/mol. The first kappa shape index (κ1) is 23.0. The van der Waals surface area contributed by atoms with Crippen LogP contribution in [0, 0.1) is 12.7 Å². The minimum Gasteiger partial charge on any atom is -0.452 e. The molecule has 3 aromatic rings. The van der Waals surface area contributed by atoms with Gasteiger partial charge in [-0.3, -0.25) is 9.52 Å². The van der Waals surface area contributed by atoms with Crippen molar-refractivity contribution < 1.29 is 27.1 Å². The first-order chi connectivity index (χ1) is 15.3. The van der Waals surface area contributed by atoms with E-state index in [4.69, 9.17) is 4.74 Å². The molecule has 3 aromatic carbocycles. The van der Waals surface area contributed by atoms with Crippen molar-refractivity contribution in [3.05, 3.63) is 95.3 Å². The molecule has 9 heteroatoms. The molecule has 1 amide bonds. The van der Waals surface area contributed by atoms with Crippen LogP contribution in [0.2, 0.25) is 0 Å². The fraction of sp³-hybridized carbons (Fsp3) is 0.130. The van der Waals surface area contributed by atoms with E-state index in [0.29, 0.717) is 0 Å². The van der Waals surface area contributed by atoms with E-state index in [1.165, 1.54) is 25.1 Å². The van der Waals surface area contributed by atoms with E-state index < -0.39 is 34.3 Å². The molecule has 0 aliphatic heterocycles. The van der Waals surface area contributed by atoms with Gasteiger partial charge in [-0.05, 0) is 48.4 Å². The normalized spacial score (nSPS) is 10.9. The minimum atomic E-state index is -4.09. The molecule has 0 fully saturated rings. The van der Waals surface area contributed by atoms with Gasteiger partial charge in [0, 0.05) is 6.54 Å². The Morgan fingerprint density at radius 3 is 2.38 bits per heavy atom. The number of hydrogen-bond acceptors (Lipinski definition) is 5. The Labute approximate surface area is 185 Å². The van der Waals surface area contributed by atoms with Gasteiger partial charge in [0.2, 0.25) is 0 Å². The topological polar surface area (TPSA) is 102 Å². The zero-order chi connectivity index (χ0) is 23.1. The molecule has 0 atom stereocenters. The summed E-state index contributed by atoms with van der Waals surface area (Å²) in [6.07, 6.45) is 0. The molecule has 3 rings (SSSR count). The van der Waals surface area contributed by atoms with Crippen molar-refractivity contribution in [1.29, 1.82) is 0 Å². The summed E-state index contributed by atoms with van der Waals surface area (Å²) < 4.78 is 46.2. The van der Waals surface area contributed by atoms with Gasteiger partial charge in [-0.1, -0.05) is 42.5 Å². The van der Waals surface area contributed by atoms with Crippen LogP contribution in [0.5, 0.6) is 0 Å². The minimum absolute atomic E-state index is 0.0223. The average molecular weight is 456 g/mol. The van der Waals surface area contributed by atoms with E-state index in [1.54, 1.807) is 6.07 Å². The van der Waals surface area contributed by atoms with Crippen LogP contribution in [0.3, 0.4) is 0 Å². The number of benzene rings is 3. The van der Waals surface area contributed by atoms with Gasteiger partial charge >= 0.3 is 5.97 Å². The van der Waals surface area contributed by atoms with E-state index in [0.717, 1.165) is 23.8 Å². The van der Waals surface area contributed by atoms with Gasteiger partial charge in [0.1, 0.15) is 5.82 Å². The highest BCUT2D eigenvalue weighted by Crippen LogP contribution is 2.23. The number of carbonyl (C=O) groups excluding carboxylic acids is 2. The third-order valence-corrected chi connectivity index (χ3v) is 6.01. The van der Waals surface area contributed by atoms with E-state index in [1.807, 2.05) is 30.3 Å². The predicted molar refractivity (Wildman–Crippen MR) is 117 cm³/mol. The summed E-state index contributed by atoms with van der Waals surface area (Å²) in [6, 6.07) is 18.3. The molecule has 166 valence electrons. The smallest absolute Gasteiger partial charge is 0.340 e. The molecular formula is C23H21FN2O5S. The fourth-order valence-electron chi connectivity index (χ4n) is 2.92. The average Bonchev–Trinajstić information content (AvgIpc) is 2.76. The van der Waals surface area contributed by atoms with Crippen LogP contribution in [-0.2, 0) is 26.1 Å². The van der Waals surface area contributed by atoms with Crippen molar-refractivity contribution in [3.8, 4) is 0 Å². The number of rotatable bonds is 8. The second kappa shape index (κ2) is 10.1. The molecule has 0 aromatic heterocycles. The SMILES string of the molecule is Cc1cc(F)ccc1S(=O)(=O)Nc1ccccc1C(=O)OCC(=O)NCc1ccccc1. The summed E-state index contributed by atoms with van der Waals surface area (Å²) in [6.45, 7) is 1.22. The highest BCUT2D eigenvalue weighted by molar-refractivity contribution is 7.92. The Morgan fingerprint density at radius 1 is 0.969 bits per heavy atom. The summed E-state index contributed by atoms with van der Waals surface area (Å²) in [5.41, 5.74) is 1.02. The van der Waals surface area contributed by atoms with Gasteiger partial charge in [0.25, 0.3) is 15.9 Å². The van der Waals surface area contributed by atoms with Crippen molar-refractivity contribution in [1.82, 2.24) is 5.32 Å². The molecule has 0 heterocycles. The number of hydrogen-bond donors (Lipinski definition) is 2. The first-order valence-electron chi connectivity index (χ1n) is 9.62. The Balaban J connectivity index is 1.66. The first-order valence-corrected chi connectivity index (χ1v) is 11.1. The molecule has 0 bridgehead atoms. The number of para-hydroxylation sites is 1. The zero-order valence-electron chi connectivity index (χ0n) is 17.2. The highest BCUT2D eigenvalue weighted by Gasteiger charge is 2.21. The Kier molecular flexibility index (Phi) is 7.21. The standard InChI is InChI=1S/C23H21FN2O5S/c1-16-13-18(24)11-12-21(16)32(29,30)26-20-10-6-5-9-19(20)23(28)31-15-22(27)25-14-17-7-3-2-4-8-17/h2-13,26H,14-15H2,1H3,(H,25,27). The second-order valence-electron chi connectivity index (χ2n) is 6.90. The molecule has 2 N–H and O–H groups in total. The van der Waals surface area contributed by atoms with E-state index in [-0.39, 0.29) is 28.3 Å². The molecule has 7 nitrogen and oxygen atoms in total. The van der Waals surface area contributed by atoms with Crippen LogP contribution in [0.15, 0.2) is 77.7 Å². The van der Waals surface area contributed by atoms with Gasteiger partial charge in [0.15, 0.2) is 6.61 Å². The maximum Gasteiger partial charge on any atom is 0.340 e. The van der Waals surface area contributed by atoms with Gasteiger partial charge in [-0.15, -0.1) is 0 Å². The van der Waals surface area contributed by atoms with Gasteiger partial charge in [0.05, 0.1) is 16.1 Å². The molecule has 0 unspecified atom stereocenters. The van der Waals surface area contributed by atoms with Crippen LogP contribution >= 0.6 is 0 Å². The summed E-state index contributed by atoms with van der Waals surface area (Å²) in [4.78, 5) is 24.4. The summed E-state index contributed by atoms with van der Waals surface area (Å²) >= 11 is 0. The van der Waals surface area contributed by atoms with Gasteiger partial charge in [-0.2, -0.15) is 0 Å². The molecule has 0 radical (unpaired) electrons. The molecule has 0 saturated heterocycles. The molecule has 0 saturated carbocycles. The summed E-state index contributed by atoms with van der Waals surface area (Å²) in [5, 5.41) is 2.63. The number of esters is 1. The fourth-order valence-corrected chi connectivity index (χ4v) is 4.23. The van der Waals surface area contributed by atoms with Crippen molar-refractivity contribution in [2.45, 2.75) is 18.4 Å². The van der Waals surface area contributed by atoms with E-state index in [9.17, 15) is 22.4 Å². The number of amides is 1. The van der Waals surface area contributed by atoms with Crippen LogP contribution in [0.25, 0.3) is 0 Å². The zero-order valence-corrected chi connectivity index (χ0v) is 18.0. The van der Waals surface area contributed by atoms with Gasteiger partial charge in [-0.25, -0.2) is 17.6 Å². The van der Waals surface area contributed by atoms with Crippen molar-refractivity contribution >= 4 is 27.6 Å². The van der Waals surface area contributed by atoms with Crippen LogP contribution in [0.1, 0.15) is 21.5 Å². The Bertz CT molecular complexity index is 1230. The quantitative estimate of drug-likeness (QED) is 0.506. The van der Waals surface area contributed by atoms with Gasteiger partial charge < -0.3 is 10.1 Å². The number of nitrogens with one attached hydrogen (secondary N) is 2. The van der Waals surface area contributed by atoms with E-state index >= 15 is 0 Å². The predicted octanol–water partition coefficient (Wildman–Crippen LogP) is 3.41. The van der Waals surface area contributed by atoms with Crippen molar-refractivity contribution in [2.75, 3.05) is 11.3 Å². The number of ether oxygens (including phenoxy) is 1. The van der Waals surface area contributed by atoms with Crippen molar-refractivity contribution in [3.63, 3.8) is 0 Å². The maximum absolute atomic E-state index is 13.3. The van der Waals surface area contributed by atoms with Crippen LogP contribution in [-0.4, -0.2) is 26.9 Å². The molecule has 0 spiro atoms. The summed E-state index contributed by atoms with van der Waals surface area (Å²) in [7, 11) is -4.09. The number of sulfonamides is 1. The highest BCUT2D eigenvalue weighted by atomic mass is 32.2. The molecule has 32 heavy (non-hydrogen) atoms. The lowest BCUT2D eigenvalue weighted by atomic mass is 10.2. The largest absolute Gasteiger partial charge is 0.452 e. The number of halogens is 1. The lowest BCUT2D eigenvalue weighted by molar-refractivity contribution is -0.124. The van der Waals surface area contributed by atoms with E-state index in [2.05, 4.69) is 10.0 Å². The Morgan fingerprint density at radius 2 is 1.66 bits per heavy atom. The van der Waals surface area contributed by atoms with Crippen LogP contribution in [0.4, 0.5) is 10.1 Å². The summed E-state index contributed by atoms with van der Waals surface area (Å²) in [5.74, 6) is -1.92. The molecule has 0 aliphatic carbocycles. The van der Waals surface area contributed by atoms with Crippen LogP contribution < -0.4 is 10.0 Å². The second-order valence-corrected chi connectivity index (χ2v) is 8.55.